The van der Waals surface area contributed by atoms with Crippen molar-refractivity contribution in [2.45, 2.75) is 32.0 Å². The van der Waals surface area contributed by atoms with Gasteiger partial charge in [-0.15, -0.1) is 0 Å². The van der Waals surface area contributed by atoms with Gasteiger partial charge in [-0.2, -0.15) is 0 Å². The van der Waals surface area contributed by atoms with Gasteiger partial charge in [0.15, 0.2) is 0 Å². The number of nitrogens with one attached hydrogen (secondary N) is 2. The van der Waals surface area contributed by atoms with Gasteiger partial charge in [0, 0.05) is 65.3 Å². The smallest absolute Gasteiger partial charge is 0.255 e. The van der Waals surface area contributed by atoms with Gasteiger partial charge >= 0.3 is 0 Å². The number of para-hydroxylation sites is 1. The van der Waals surface area contributed by atoms with Gasteiger partial charge in [-0.1, -0.05) is 97.1 Å². The molecule has 0 radical (unpaired) electrons. The molecular weight excluding hydrogens is 619 g/mol. The lowest BCUT2D eigenvalue weighted by molar-refractivity contribution is -0.120. The zero-order chi connectivity index (χ0) is 34.2. The van der Waals surface area contributed by atoms with Crippen molar-refractivity contribution in [1.29, 1.82) is 0 Å². The van der Waals surface area contributed by atoms with Crippen LogP contribution in [0.15, 0.2) is 133 Å². The Balaban J connectivity index is 0.966. The van der Waals surface area contributed by atoms with E-state index in [1.165, 1.54) is 11.1 Å². The number of hydrogen-bond acceptors (Lipinski definition) is 4. The minimum absolute atomic E-state index is 0.130. The fraction of sp³-hybridized carbons (Fsp3) is 0.209. The Labute approximate surface area is 293 Å². The minimum Gasteiger partial charge on any atom is -0.369 e. The first-order valence-corrected chi connectivity index (χ1v) is 17.5. The van der Waals surface area contributed by atoms with Crippen LogP contribution in [-0.2, 0) is 4.79 Å². The highest BCUT2D eigenvalue weighted by molar-refractivity contribution is 6.05. The number of carbonyl (C=O) groups excluding carboxylic acids is 2. The van der Waals surface area contributed by atoms with Crippen LogP contribution in [0.5, 0.6) is 0 Å². The zero-order valence-electron chi connectivity index (χ0n) is 28.4. The van der Waals surface area contributed by atoms with E-state index in [0.29, 0.717) is 11.3 Å². The third kappa shape index (κ3) is 5.73. The average Bonchev–Trinajstić information content (AvgIpc) is 3.65. The van der Waals surface area contributed by atoms with Crippen molar-refractivity contribution in [1.82, 2.24) is 14.8 Å². The maximum atomic E-state index is 13.9. The van der Waals surface area contributed by atoms with E-state index in [1.807, 2.05) is 68.4 Å². The first-order chi connectivity index (χ1) is 24.5. The van der Waals surface area contributed by atoms with Crippen molar-refractivity contribution >= 4 is 34.1 Å². The number of nitrogens with zero attached hydrogens (tertiary/aromatic N) is 3. The normalized spacial score (nSPS) is 16.9. The Morgan fingerprint density at radius 3 is 2.02 bits per heavy atom. The summed E-state index contributed by atoms with van der Waals surface area (Å²) >= 11 is 0. The van der Waals surface area contributed by atoms with Crippen molar-refractivity contribution < 1.29 is 9.59 Å². The van der Waals surface area contributed by atoms with E-state index in [-0.39, 0.29) is 23.9 Å². The lowest BCUT2D eigenvalue weighted by Gasteiger charge is -2.40. The maximum absolute atomic E-state index is 13.9. The summed E-state index contributed by atoms with van der Waals surface area (Å²) in [7, 11) is 0. The molecule has 2 unspecified atom stereocenters. The number of anilines is 2. The third-order valence-electron chi connectivity index (χ3n) is 10.4. The van der Waals surface area contributed by atoms with Crippen LogP contribution in [0.3, 0.4) is 0 Å². The highest BCUT2D eigenvalue weighted by Gasteiger charge is 2.43. The molecule has 7 heteroatoms. The number of carbonyl (C=O) groups is 2. The number of H-pyrrole nitrogens is 1. The van der Waals surface area contributed by atoms with Gasteiger partial charge in [0.2, 0.25) is 5.91 Å². The van der Waals surface area contributed by atoms with Crippen molar-refractivity contribution in [2.75, 3.05) is 36.4 Å². The van der Waals surface area contributed by atoms with Crippen LogP contribution in [0.1, 0.15) is 57.3 Å². The molecule has 8 rings (SSSR count). The number of amides is 2. The molecule has 7 nitrogen and oxygen atoms in total. The fourth-order valence-corrected chi connectivity index (χ4v) is 7.93. The van der Waals surface area contributed by atoms with Crippen LogP contribution in [0, 0.1) is 6.92 Å². The Kier molecular flexibility index (Phi) is 8.43. The Hall–Kier alpha value is -5.66. The Morgan fingerprint density at radius 2 is 1.34 bits per heavy atom. The fourth-order valence-electron chi connectivity index (χ4n) is 7.93. The summed E-state index contributed by atoms with van der Waals surface area (Å²) in [6.45, 7) is 7.55. The van der Waals surface area contributed by atoms with E-state index in [9.17, 15) is 9.59 Å². The monoisotopic (exact) mass is 659 g/mol. The number of aryl methyl sites for hydroxylation is 1. The quantitative estimate of drug-likeness (QED) is 0.174. The molecule has 1 fully saturated rings. The maximum Gasteiger partial charge on any atom is 0.255 e. The first-order valence-electron chi connectivity index (χ1n) is 17.5. The Morgan fingerprint density at radius 1 is 0.740 bits per heavy atom. The molecule has 2 atom stereocenters. The standard InChI is InChI=1S/C43H41N5O2/c1-29-39(37-19-11-12-20-38(37)44-29)41-35-17-9-10-18-36(35)43(50)48(41)30(2)42(49)45-33-21-23-34(24-22-33)46-25-27-47(28-26-46)40(31-13-5-3-6-14-31)32-15-7-4-8-16-32/h3-24,30,40-41,44H,25-28H2,1-2H3,(H,45,49). The number of hydrogen-bond donors (Lipinski definition) is 2. The molecule has 50 heavy (non-hydrogen) atoms. The van der Waals surface area contributed by atoms with Crippen LogP contribution >= 0.6 is 0 Å². The molecule has 6 aromatic rings. The van der Waals surface area contributed by atoms with E-state index < -0.39 is 6.04 Å². The van der Waals surface area contributed by atoms with Crippen LogP contribution in [0.2, 0.25) is 0 Å². The lowest BCUT2D eigenvalue weighted by atomic mass is 9.95. The van der Waals surface area contributed by atoms with Crippen LogP contribution in [0.4, 0.5) is 11.4 Å². The van der Waals surface area contributed by atoms with Crippen molar-refractivity contribution in [3.8, 4) is 0 Å². The molecule has 250 valence electrons. The molecular formula is C43H41N5O2. The summed E-state index contributed by atoms with van der Waals surface area (Å²) in [5, 5.41) is 4.16. The average molecular weight is 660 g/mol. The van der Waals surface area contributed by atoms with Crippen molar-refractivity contribution in [3.63, 3.8) is 0 Å². The molecule has 2 aliphatic rings. The summed E-state index contributed by atoms with van der Waals surface area (Å²) in [6.07, 6.45) is 0. The van der Waals surface area contributed by atoms with Gasteiger partial charge in [-0.25, -0.2) is 0 Å². The summed E-state index contributed by atoms with van der Waals surface area (Å²) in [5.74, 6) is -0.350. The summed E-state index contributed by atoms with van der Waals surface area (Å²) in [6, 6.07) is 44.6. The number of fused-ring (bicyclic) bond motifs is 2. The molecule has 0 aliphatic carbocycles. The second-order valence-corrected chi connectivity index (χ2v) is 13.4. The number of rotatable bonds is 8. The summed E-state index contributed by atoms with van der Waals surface area (Å²) < 4.78 is 0. The number of aromatic amines is 1. The van der Waals surface area contributed by atoms with Crippen LogP contribution in [0.25, 0.3) is 10.9 Å². The SMILES string of the molecule is Cc1[nH]c2ccccc2c1C1c2ccccc2C(=O)N1C(C)C(=O)Nc1ccc(N2CCN(C(c3ccccc3)c3ccccc3)CC2)cc1. The van der Waals surface area contributed by atoms with Gasteiger partial charge in [0.1, 0.15) is 6.04 Å². The molecule has 2 N–H and O–H groups in total. The van der Waals surface area contributed by atoms with E-state index in [2.05, 4.69) is 99.0 Å². The highest BCUT2D eigenvalue weighted by atomic mass is 16.2. The lowest BCUT2D eigenvalue weighted by Crippen LogP contribution is -2.48. The molecule has 0 spiro atoms. The van der Waals surface area contributed by atoms with E-state index in [0.717, 1.165) is 59.6 Å². The van der Waals surface area contributed by atoms with E-state index >= 15 is 0 Å². The predicted octanol–water partition coefficient (Wildman–Crippen LogP) is 7.96. The predicted molar refractivity (Wildman–Crippen MR) is 201 cm³/mol. The highest BCUT2D eigenvalue weighted by Crippen LogP contribution is 2.44. The molecule has 5 aromatic carbocycles. The molecule has 0 saturated carbocycles. The molecule has 2 amide bonds. The number of piperazine rings is 1. The second-order valence-electron chi connectivity index (χ2n) is 13.4. The van der Waals surface area contributed by atoms with Gasteiger partial charge in [0.25, 0.3) is 5.91 Å². The van der Waals surface area contributed by atoms with Gasteiger partial charge < -0.3 is 20.1 Å². The topological polar surface area (TPSA) is 71.7 Å². The summed E-state index contributed by atoms with van der Waals surface area (Å²) in [4.78, 5) is 38.0. The number of aromatic nitrogens is 1. The van der Waals surface area contributed by atoms with Gasteiger partial charge in [-0.3, -0.25) is 14.5 Å². The van der Waals surface area contributed by atoms with Crippen LogP contribution in [-0.4, -0.2) is 58.8 Å². The van der Waals surface area contributed by atoms with E-state index in [4.69, 9.17) is 0 Å². The van der Waals surface area contributed by atoms with Gasteiger partial charge in [-0.05, 0) is 66.9 Å². The number of benzene rings is 5. The largest absolute Gasteiger partial charge is 0.369 e. The molecule has 0 bridgehead atoms. The molecule has 3 heterocycles. The van der Waals surface area contributed by atoms with Gasteiger partial charge in [0.05, 0.1) is 12.1 Å². The van der Waals surface area contributed by atoms with Crippen LogP contribution < -0.4 is 10.2 Å². The molecule has 2 aliphatic heterocycles. The first kappa shape index (κ1) is 31.6. The third-order valence-corrected chi connectivity index (χ3v) is 10.4. The molecule has 1 saturated heterocycles. The van der Waals surface area contributed by atoms with Crippen molar-refractivity contribution in [3.05, 3.63) is 167 Å². The zero-order valence-corrected chi connectivity index (χ0v) is 28.4. The van der Waals surface area contributed by atoms with E-state index in [1.54, 1.807) is 4.90 Å². The molecule has 1 aromatic heterocycles. The second kappa shape index (κ2) is 13.3. The minimum atomic E-state index is -0.706. The summed E-state index contributed by atoms with van der Waals surface area (Å²) in [5.41, 5.74) is 9.06. The Bertz CT molecular complexity index is 2100. The van der Waals surface area contributed by atoms with Crippen molar-refractivity contribution in [2.24, 2.45) is 0 Å².